The van der Waals surface area contributed by atoms with Gasteiger partial charge in [-0.2, -0.15) is 0 Å². The Bertz CT molecular complexity index is 1080. The van der Waals surface area contributed by atoms with E-state index < -0.39 is 0 Å². The fourth-order valence-electron chi connectivity index (χ4n) is 2.05. The minimum atomic E-state index is -0.0532. The Morgan fingerprint density at radius 2 is 1.13 bits per heavy atom. The molecule has 0 aliphatic rings. The summed E-state index contributed by atoms with van der Waals surface area (Å²) in [4.78, 5) is 24.2. The molecule has 2 heterocycles. The molecule has 0 aliphatic heterocycles. The Hall–Kier alpha value is -1.47. The monoisotopic (exact) mass is 738 g/mol. The summed E-state index contributed by atoms with van der Waals surface area (Å²) >= 11 is 6.82. The zero-order valence-electron chi connectivity index (χ0n) is 15.1. The lowest BCUT2D eigenvalue weighted by Crippen LogP contribution is -2.15. The minimum Gasteiger partial charge on any atom is -0.329 e. The topological polar surface area (TPSA) is 54.9 Å². The lowest BCUT2D eigenvalue weighted by atomic mass is 10.3. The van der Waals surface area contributed by atoms with Gasteiger partial charge in [-0.25, -0.2) is 0 Å². The quantitative estimate of drug-likeness (QED) is 0.232. The van der Waals surface area contributed by atoms with Crippen molar-refractivity contribution < 1.29 is 0 Å². The molecule has 4 rings (SSSR count). The second kappa shape index (κ2) is 14.5. The first-order valence-corrected chi connectivity index (χ1v) is 11.7. The molecule has 2 aromatic carbocycles. The summed E-state index contributed by atoms with van der Waals surface area (Å²) < 4.78 is 5.37. The van der Waals surface area contributed by atoms with Gasteiger partial charge < -0.3 is 4.98 Å². The van der Waals surface area contributed by atoms with Crippen LogP contribution < -0.4 is 11.1 Å². The van der Waals surface area contributed by atoms with Gasteiger partial charge in [0.2, 0.25) is 5.56 Å². The number of nitrogens with zero attached hydrogens (tertiary/aromatic N) is 1. The second-order valence-corrected chi connectivity index (χ2v) is 9.29. The van der Waals surface area contributed by atoms with E-state index in [1.54, 1.807) is 41.2 Å². The largest absolute Gasteiger partial charge is 0.329 e. The van der Waals surface area contributed by atoms with Crippen LogP contribution in [0.1, 0.15) is 7.43 Å². The van der Waals surface area contributed by atoms with Gasteiger partial charge in [0.05, 0.1) is 0 Å². The number of rotatable bonds is 1. The number of aromatic nitrogens is 2. The Labute approximate surface area is 217 Å². The molecule has 0 saturated carbocycles. The number of hydrogen-bond acceptors (Lipinski definition) is 2. The van der Waals surface area contributed by atoms with Crippen molar-refractivity contribution in [2.24, 2.45) is 0 Å². The van der Waals surface area contributed by atoms with Crippen LogP contribution in [-0.2, 0) is 0 Å². The van der Waals surface area contributed by atoms with Crippen molar-refractivity contribution in [2.75, 3.05) is 0 Å². The summed E-state index contributed by atoms with van der Waals surface area (Å²) in [6.45, 7) is 0. The van der Waals surface area contributed by atoms with Crippen molar-refractivity contribution in [1.82, 2.24) is 9.55 Å². The normalized spacial score (nSPS) is 9.17. The van der Waals surface area contributed by atoms with Crippen LogP contribution in [0.25, 0.3) is 5.69 Å². The maximum atomic E-state index is 11.5. The van der Waals surface area contributed by atoms with E-state index in [-0.39, 0.29) is 18.5 Å². The highest BCUT2D eigenvalue weighted by Gasteiger charge is 1.96. The van der Waals surface area contributed by atoms with Gasteiger partial charge in [0.25, 0.3) is 5.56 Å². The zero-order chi connectivity index (χ0) is 21.1. The number of pyridine rings is 2. The molecule has 0 unspecified atom stereocenters. The van der Waals surface area contributed by atoms with E-state index in [1.807, 2.05) is 30.3 Å². The molecule has 0 aliphatic carbocycles. The third-order valence-corrected chi connectivity index (χ3v) is 5.57. The highest BCUT2D eigenvalue weighted by atomic mass is 127. The van der Waals surface area contributed by atoms with Gasteiger partial charge in [-0.15, -0.1) is 0 Å². The van der Waals surface area contributed by atoms with Crippen LogP contribution in [-0.4, -0.2) is 9.55 Å². The van der Waals surface area contributed by atoms with Crippen molar-refractivity contribution in [3.8, 4) is 5.69 Å². The molecule has 2 aromatic heterocycles. The van der Waals surface area contributed by atoms with Gasteiger partial charge in [-0.3, -0.25) is 14.2 Å². The highest BCUT2D eigenvalue weighted by Crippen LogP contribution is 2.09. The molecule has 30 heavy (non-hydrogen) atoms. The molecule has 0 amide bonds. The molecule has 4 nitrogen and oxygen atoms in total. The maximum absolute atomic E-state index is 11.5. The average Bonchev–Trinajstić information content (AvgIpc) is 2.73. The number of nitrogens with one attached hydrogen (secondary N) is 1. The lowest BCUT2D eigenvalue weighted by Gasteiger charge is -2.03. The Morgan fingerprint density at radius 1 is 0.633 bits per heavy atom. The summed E-state index contributed by atoms with van der Waals surface area (Å²) in [6, 6.07) is 26.3. The van der Waals surface area contributed by atoms with E-state index in [0.717, 1.165) is 9.26 Å². The molecule has 0 atom stereocenters. The second-order valence-electron chi connectivity index (χ2n) is 5.55. The van der Waals surface area contributed by atoms with E-state index in [2.05, 4.69) is 97.0 Å². The van der Waals surface area contributed by atoms with Gasteiger partial charge in [0, 0.05) is 40.9 Å². The Morgan fingerprint density at radius 3 is 1.53 bits per heavy atom. The SMILES string of the molecule is C.Ic1ccc(I)cc1.O=c1cccc[nH]1.O=c1ccccn1-c1ccc(I)cc1. The number of H-pyrrole nitrogens is 1. The van der Waals surface area contributed by atoms with E-state index in [1.165, 1.54) is 13.2 Å². The zero-order valence-corrected chi connectivity index (χ0v) is 21.6. The first-order chi connectivity index (χ1) is 14.0. The maximum Gasteiger partial charge on any atom is 0.255 e. The fourth-order valence-corrected chi connectivity index (χ4v) is 3.13. The molecule has 1 N–H and O–H groups in total. The van der Waals surface area contributed by atoms with Crippen LogP contribution in [0, 0.1) is 10.7 Å². The van der Waals surface area contributed by atoms with E-state index in [4.69, 9.17) is 0 Å². The predicted molar refractivity (Wildman–Crippen MR) is 150 cm³/mol. The van der Waals surface area contributed by atoms with Gasteiger partial charge >= 0.3 is 0 Å². The summed E-state index contributed by atoms with van der Waals surface area (Å²) in [5.74, 6) is 0. The third-order valence-electron chi connectivity index (χ3n) is 3.41. The van der Waals surface area contributed by atoms with Crippen molar-refractivity contribution in [1.29, 1.82) is 0 Å². The van der Waals surface area contributed by atoms with Crippen molar-refractivity contribution in [3.05, 3.63) is 129 Å². The summed E-state index contributed by atoms with van der Waals surface area (Å²) in [5.41, 5.74) is 0.840. The molecule has 0 fully saturated rings. The molecule has 0 spiro atoms. The van der Waals surface area contributed by atoms with Gasteiger partial charge in [-0.05, 0) is 128 Å². The fraction of sp³-hybridized carbons (Fsp3) is 0.0435. The van der Waals surface area contributed by atoms with Crippen LogP contribution in [0.4, 0.5) is 0 Å². The number of halogens is 3. The van der Waals surface area contributed by atoms with Crippen molar-refractivity contribution >= 4 is 67.8 Å². The van der Waals surface area contributed by atoms with E-state index in [0.29, 0.717) is 0 Å². The number of benzene rings is 2. The van der Waals surface area contributed by atoms with E-state index >= 15 is 0 Å². The summed E-state index contributed by atoms with van der Waals surface area (Å²) in [6.07, 6.45) is 3.37. The standard InChI is InChI=1S/C11H8INO.C6H4I2.C5H5NO.CH4/c12-9-4-6-10(7-5-9)13-8-2-1-3-11(13)14;7-5-1-2-6(8)4-3-5;7-5-3-1-2-4-6-5;/h1-8H;1-4H;1-4H,(H,6,7);1H4. The average molecular weight is 738 g/mol. The Kier molecular flexibility index (Phi) is 12.9. The molecule has 0 saturated heterocycles. The molecule has 4 aromatic rings. The van der Waals surface area contributed by atoms with Crippen LogP contribution in [0.3, 0.4) is 0 Å². The molecule has 0 bridgehead atoms. The molecule has 7 heteroatoms. The van der Waals surface area contributed by atoms with Gasteiger partial charge in [0.1, 0.15) is 0 Å². The molecule has 0 radical (unpaired) electrons. The first kappa shape index (κ1) is 26.6. The third kappa shape index (κ3) is 10.0. The first-order valence-electron chi connectivity index (χ1n) is 8.44. The van der Waals surface area contributed by atoms with Crippen LogP contribution in [0.5, 0.6) is 0 Å². The lowest BCUT2D eigenvalue weighted by molar-refractivity contribution is 0.990. The van der Waals surface area contributed by atoms with Crippen LogP contribution in [0.15, 0.2) is 107 Å². The van der Waals surface area contributed by atoms with Gasteiger partial charge in [-0.1, -0.05) is 19.6 Å². The number of aromatic amines is 1. The predicted octanol–water partition coefficient (Wildman–Crippen LogP) is 6.35. The van der Waals surface area contributed by atoms with Crippen molar-refractivity contribution in [3.63, 3.8) is 0 Å². The number of hydrogen-bond donors (Lipinski definition) is 1. The molecular weight excluding hydrogens is 717 g/mol. The van der Waals surface area contributed by atoms with E-state index in [9.17, 15) is 9.59 Å². The summed E-state index contributed by atoms with van der Waals surface area (Å²) in [5, 5.41) is 0. The van der Waals surface area contributed by atoms with Crippen LogP contribution >= 0.6 is 67.8 Å². The highest BCUT2D eigenvalue weighted by molar-refractivity contribution is 14.1. The molecule has 156 valence electrons. The Balaban J connectivity index is 0.000000241. The van der Waals surface area contributed by atoms with Crippen LogP contribution in [0.2, 0.25) is 0 Å². The molecular formula is C23H21I3N2O2. The van der Waals surface area contributed by atoms with Crippen molar-refractivity contribution in [2.45, 2.75) is 7.43 Å². The van der Waals surface area contributed by atoms with Gasteiger partial charge in [0.15, 0.2) is 0 Å². The smallest absolute Gasteiger partial charge is 0.255 e. The minimum absolute atomic E-state index is 0. The summed E-state index contributed by atoms with van der Waals surface area (Å²) in [7, 11) is 0.